The molecule has 3 heterocycles. The van der Waals surface area contributed by atoms with Crippen LogP contribution in [0.5, 0.6) is 0 Å². The van der Waals surface area contributed by atoms with E-state index in [1.165, 1.54) is 22.8 Å². The minimum absolute atomic E-state index is 0.00722. The van der Waals surface area contributed by atoms with Gasteiger partial charge in [-0.3, -0.25) is 9.59 Å². The molecule has 2 aromatic heterocycles. The summed E-state index contributed by atoms with van der Waals surface area (Å²) in [5, 5.41) is 6.73. The lowest BCUT2D eigenvalue weighted by molar-refractivity contribution is 0.0852. The number of halogens is 2. The Morgan fingerprint density at radius 1 is 1.19 bits per heavy atom. The molecule has 0 radical (unpaired) electrons. The fraction of sp³-hybridized carbons (Fsp3) is 0.227. The number of hydrogen-bond acceptors (Lipinski definition) is 6. The van der Waals surface area contributed by atoms with Crippen LogP contribution >= 0.6 is 0 Å². The molecule has 1 aromatic carbocycles. The summed E-state index contributed by atoms with van der Waals surface area (Å²) in [5.41, 5.74) is 2.19. The van der Waals surface area contributed by atoms with E-state index in [2.05, 4.69) is 20.4 Å². The van der Waals surface area contributed by atoms with E-state index in [0.717, 1.165) is 17.7 Å². The second-order valence-corrected chi connectivity index (χ2v) is 7.36. The second-order valence-electron chi connectivity index (χ2n) is 7.36. The largest absolute Gasteiger partial charge is 0.387 e. The highest BCUT2D eigenvalue weighted by Gasteiger charge is 2.26. The molecule has 1 aliphatic rings. The normalized spacial score (nSPS) is 15.2. The van der Waals surface area contributed by atoms with Crippen LogP contribution in [-0.2, 0) is 18.4 Å². The predicted octanol–water partition coefficient (Wildman–Crippen LogP) is 2.56. The summed E-state index contributed by atoms with van der Waals surface area (Å²) in [6, 6.07) is 8.06. The number of carbonyl (C=O) groups is 1. The molecule has 4 rings (SSSR count). The Hall–Kier alpha value is -3.95. The van der Waals surface area contributed by atoms with Gasteiger partial charge in [0, 0.05) is 37.8 Å². The zero-order valence-electron chi connectivity index (χ0n) is 17.3. The molecule has 0 aliphatic carbocycles. The second kappa shape index (κ2) is 8.66. The first-order chi connectivity index (χ1) is 15.3. The SMILES string of the molecule is Cc1nc(C(=O)NCc2ccc(F)c(F)c2)cc(C2=NOC(c3ccc(=O)n(C)c3)C2)n1. The van der Waals surface area contributed by atoms with Crippen molar-refractivity contribution in [3.05, 3.63) is 92.9 Å². The lowest BCUT2D eigenvalue weighted by Gasteiger charge is -2.09. The van der Waals surface area contributed by atoms with Crippen LogP contribution in [0.25, 0.3) is 0 Å². The van der Waals surface area contributed by atoms with Gasteiger partial charge < -0.3 is 14.7 Å². The minimum atomic E-state index is -0.982. The number of benzene rings is 1. The number of pyridine rings is 1. The predicted molar refractivity (Wildman–Crippen MR) is 111 cm³/mol. The lowest BCUT2D eigenvalue weighted by Crippen LogP contribution is -2.25. The third kappa shape index (κ3) is 4.53. The van der Waals surface area contributed by atoms with Crippen LogP contribution in [0, 0.1) is 18.6 Å². The van der Waals surface area contributed by atoms with Crippen LogP contribution in [0.3, 0.4) is 0 Å². The maximum Gasteiger partial charge on any atom is 0.270 e. The molecule has 8 nitrogen and oxygen atoms in total. The summed E-state index contributed by atoms with van der Waals surface area (Å²) in [7, 11) is 1.65. The van der Waals surface area contributed by atoms with Gasteiger partial charge in [-0.05, 0) is 36.8 Å². The Morgan fingerprint density at radius 3 is 2.75 bits per heavy atom. The maximum atomic E-state index is 13.4. The summed E-state index contributed by atoms with van der Waals surface area (Å²) in [5.74, 6) is -2.06. The van der Waals surface area contributed by atoms with Crippen LogP contribution in [0.4, 0.5) is 8.78 Å². The molecule has 3 aromatic rings. The maximum absolute atomic E-state index is 13.4. The Balaban J connectivity index is 1.47. The minimum Gasteiger partial charge on any atom is -0.387 e. The molecular formula is C22H19F2N5O3. The first kappa shape index (κ1) is 21.3. The van der Waals surface area contributed by atoms with E-state index in [0.29, 0.717) is 29.2 Å². The number of rotatable bonds is 5. The van der Waals surface area contributed by atoms with Gasteiger partial charge in [-0.25, -0.2) is 18.7 Å². The van der Waals surface area contributed by atoms with Crippen molar-refractivity contribution in [2.24, 2.45) is 12.2 Å². The highest BCUT2D eigenvalue weighted by molar-refractivity contribution is 6.02. The van der Waals surface area contributed by atoms with Gasteiger partial charge in [0.25, 0.3) is 5.91 Å². The lowest BCUT2D eigenvalue weighted by atomic mass is 10.0. The molecule has 0 saturated heterocycles. The van der Waals surface area contributed by atoms with Crippen molar-refractivity contribution in [2.75, 3.05) is 0 Å². The van der Waals surface area contributed by atoms with Gasteiger partial charge in [-0.2, -0.15) is 0 Å². The summed E-state index contributed by atoms with van der Waals surface area (Å²) in [4.78, 5) is 38.2. The van der Waals surface area contributed by atoms with Crippen molar-refractivity contribution in [2.45, 2.75) is 26.0 Å². The van der Waals surface area contributed by atoms with E-state index in [4.69, 9.17) is 4.84 Å². The Labute approximate surface area is 181 Å². The molecule has 0 saturated carbocycles. The number of carbonyl (C=O) groups excluding carboxylic acids is 1. The molecule has 1 amide bonds. The molecule has 1 unspecified atom stereocenters. The van der Waals surface area contributed by atoms with Crippen LogP contribution in [-0.4, -0.2) is 26.2 Å². The average Bonchev–Trinajstić information content (AvgIpc) is 3.26. The third-order valence-electron chi connectivity index (χ3n) is 4.95. The zero-order valence-corrected chi connectivity index (χ0v) is 17.3. The van der Waals surface area contributed by atoms with E-state index in [1.807, 2.05) is 0 Å². The van der Waals surface area contributed by atoms with Gasteiger partial charge in [0.1, 0.15) is 17.2 Å². The van der Waals surface area contributed by atoms with Crippen LogP contribution < -0.4 is 10.9 Å². The summed E-state index contributed by atoms with van der Waals surface area (Å²) in [6.45, 7) is 1.66. The number of aromatic nitrogens is 3. The Bertz CT molecular complexity index is 1290. The van der Waals surface area contributed by atoms with Crippen molar-refractivity contribution in [1.29, 1.82) is 0 Å². The van der Waals surface area contributed by atoms with E-state index in [1.54, 1.807) is 26.2 Å². The van der Waals surface area contributed by atoms with E-state index < -0.39 is 17.5 Å². The van der Waals surface area contributed by atoms with Crippen LogP contribution in [0.15, 0.2) is 52.5 Å². The smallest absolute Gasteiger partial charge is 0.270 e. The number of nitrogens with one attached hydrogen (secondary N) is 1. The highest BCUT2D eigenvalue weighted by Crippen LogP contribution is 2.28. The third-order valence-corrected chi connectivity index (χ3v) is 4.95. The number of oxime groups is 1. The quantitative estimate of drug-likeness (QED) is 0.659. The molecule has 0 spiro atoms. The van der Waals surface area contributed by atoms with Gasteiger partial charge in [-0.15, -0.1) is 0 Å². The molecular weight excluding hydrogens is 420 g/mol. The van der Waals surface area contributed by atoms with Gasteiger partial charge in [0.05, 0.1) is 5.69 Å². The number of hydrogen-bond donors (Lipinski definition) is 1. The first-order valence-corrected chi connectivity index (χ1v) is 9.77. The van der Waals surface area contributed by atoms with E-state index in [-0.39, 0.29) is 23.9 Å². The molecule has 0 fully saturated rings. The Morgan fingerprint density at radius 2 is 2.00 bits per heavy atom. The van der Waals surface area contributed by atoms with Crippen molar-refractivity contribution in [3.63, 3.8) is 0 Å². The molecule has 1 N–H and O–H groups in total. The summed E-state index contributed by atoms with van der Waals surface area (Å²) in [6.07, 6.45) is 1.72. The average molecular weight is 439 g/mol. The summed E-state index contributed by atoms with van der Waals surface area (Å²) < 4.78 is 27.9. The zero-order chi connectivity index (χ0) is 22.8. The van der Waals surface area contributed by atoms with Gasteiger partial charge in [0.2, 0.25) is 5.56 Å². The molecule has 32 heavy (non-hydrogen) atoms. The van der Waals surface area contributed by atoms with Crippen molar-refractivity contribution < 1.29 is 18.4 Å². The van der Waals surface area contributed by atoms with Crippen molar-refractivity contribution in [3.8, 4) is 0 Å². The molecule has 1 atom stereocenters. The van der Waals surface area contributed by atoms with Crippen molar-refractivity contribution in [1.82, 2.24) is 19.9 Å². The standard InChI is InChI=1S/C22H19F2N5O3/c1-12-26-17(18-9-20(32-28-18)14-4-6-21(30)29(2)11-14)8-19(27-12)22(31)25-10-13-3-5-15(23)16(24)7-13/h3-8,11,20H,9-10H2,1-2H3,(H,25,31). The van der Waals surface area contributed by atoms with E-state index >= 15 is 0 Å². The highest BCUT2D eigenvalue weighted by atomic mass is 19.2. The fourth-order valence-electron chi connectivity index (χ4n) is 3.27. The Kier molecular flexibility index (Phi) is 5.76. The summed E-state index contributed by atoms with van der Waals surface area (Å²) >= 11 is 0. The number of amides is 1. The molecule has 0 bridgehead atoms. The van der Waals surface area contributed by atoms with E-state index in [9.17, 15) is 18.4 Å². The van der Waals surface area contributed by atoms with Crippen LogP contribution in [0.2, 0.25) is 0 Å². The fourth-order valence-corrected chi connectivity index (χ4v) is 3.27. The van der Waals surface area contributed by atoms with Crippen molar-refractivity contribution >= 4 is 11.6 Å². The van der Waals surface area contributed by atoms with Gasteiger partial charge >= 0.3 is 0 Å². The number of aryl methyl sites for hydroxylation is 2. The molecule has 10 heteroatoms. The first-order valence-electron chi connectivity index (χ1n) is 9.77. The molecule has 164 valence electrons. The van der Waals surface area contributed by atoms with Gasteiger partial charge in [-0.1, -0.05) is 11.2 Å². The molecule has 1 aliphatic heterocycles. The topological polar surface area (TPSA) is 98.5 Å². The van der Waals surface area contributed by atoms with Gasteiger partial charge in [0.15, 0.2) is 17.7 Å². The number of nitrogens with zero attached hydrogens (tertiary/aromatic N) is 4. The van der Waals surface area contributed by atoms with Crippen LogP contribution in [0.1, 0.15) is 45.7 Å². The monoisotopic (exact) mass is 439 g/mol.